The van der Waals surface area contributed by atoms with Crippen molar-refractivity contribution in [2.45, 2.75) is 76.3 Å². The molecular weight excluding hydrogens is 949 g/mol. The van der Waals surface area contributed by atoms with Gasteiger partial charge in [-0.05, 0) is 83.6 Å². The number of ether oxygens (including phenoxy) is 12. The first-order valence-corrected chi connectivity index (χ1v) is 25.5. The van der Waals surface area contributed by atoms with Crippen molar-refractivity contribution in [1.29, 1.82) is 0 Å². The van der Waals surface area contributed by atoms with Crippen molar-refractivity contribution in [3.8, 4) is 57.5 Å². The Morgan fingerprint density at radius 3 is 1.09 bits per heavy atom. The summed E-state index contributed by atoms with van der Waals surface area (Å²) in [4.78, 5) is 25.7. The zero-order chi connectivity index (χ0) is 53.4. The van der Waals surface area contributed by atoms with E-state index in [1.165, 1.54) is 22.3 Å². The summed E-state index contributed by atoms with van der Waals surface area (Å²) >= 11 is 0. The topological polar surface area (TPSA) is 145 Å². The molecule has 0 bridgehead atoms. The fourth-order valence-corrected chi connectivity index (χ4v) is 10.8. The van der Waals surface area contributed by atoms with Crippen LogP contribution in [0.2, 0.25) is 0 Å². The Hall–Kier alpha value is -6.52. The third-order valence-electron chi connectivity index (χ3n) is 15.0. The van der Waals surface area contributed by atoms with Crippen molar-refractivity contribution in [3.05, 3.63) is 94.1 Å². The first kappa shape index (κ1) is 56.8. The van der Waals surface area contributed by atoms with Crippen molar-refractivity contribution < 1.29 is 75.4 Å². The maximum absolute atomic E-state index is 12.9. The van der Waals surface area contributed by atoms with Gasteiger partial charge in [-0.2, -0.15) is 0 Å². The number of carbonyl (C=O) groups is 2. The van der Waals surface area contributed by atoms with Gasteiger partial charge in [-0.1, -0.05) is 12.2 Å². The lowest BCUT2D eigenvalue weighted by atomic mass is 9.86. The monoisotopic (exact) mass is 1030 g/mol. The van der Waals surface area contributed by atoms with Crippen LogP contribution < -0.4 is 47.4 Å². The molecule has 0 saturated carbocycles. The standard InChI is InChI=1S/C58H80N2O14/c1-59(25-21-41-35-47(63-3)49(65-5)37-43(41)45(59)29-39-31-51(67-7)57(71-11)52(32-39)68-8)23-17-27-73-55(61)19-15-13-14-16-20-56(62)74-28-18-24-60(2)26-22-42-36-48(64-4)50(66-6)38-44(42)46(60)30-40-33-53(69-9)58(72-12)54(34-40)70-10/h13-14,31-38,45-46H,15-30H2,1-12H3/q+2/b14-13-/t45-,46-,59?,60?/m1/s1. The van der Waals surface area contributed by atoms with Crippen molar-refractivity contribution in [2.24, 2.45) is 0 Å². The van der Waals surface area contributed by atoms with Crippen LogP contribution in [0.25, 0.3) is 0 Å². The minimum Gasteiger partial charge on any atom is -0.493 e. The number of nitrogens with zero attached hydrogens (tertiary/aromatic N) is 2. The predicted octanol–water partition coefficient (Wildman–Crippen LogP) is 9.03. The number of fused-ring (bicyclic) bond motifs is 2. The number of hydrogen-bond acceptors (Lipinski definition) is 14. The first-order valence-electron chi connectivity index (χ1n) is 25.5. The van der Waals surface area contributed by atoms with Gasteiger partial charge in [0.25, 0.3) is 0 Å². The predicted molar refractivity (Wildman–Crippen MR) is 282 cm³/mol. The summed E-state index contributed by atoms with van der Waals surface area (Å²) in [6.45, 7) is 4.02. The third kappa shape index (κ3) is 13.4. The van der Waals surface area contributed by atoms with E-state index in [9.17, 15) is 9.59 Å². The lowest BCUT2D eigenvalue weighted by Crippen LogP contribution is -2.52. The van der Waals surface area contributed by atoms with Gasteiger partial charge in [-0.15, -0.1) is 0 Å². The van der Waals surface area contributed by atoms with Gasteiger partial charge in [-0.25, -0.2) is 0 Å². The Morgan fingerprint density at radius 2 is 0.784 bits per heavy atom. The lowest BCUT2D eigenvalue weighted by molar-refractivity contribution is -0.941. The number of methoxy groups -OCH3 is 10. The van der Waals surface area contributed by atoms with Crippen LogP contribution in [0.4, 0.5) is 0 Å². The molecule has 4 aromatic carbocycles. The summed E-state index contributed by atoms with van der Waals surface area (Å²) in [6.07, 6.45) is 9.94. The van der Waals surface area contributed by atoms with Crippen molar-refractivity contribution in [1.82, 2.24) is 0 Å². The Balaban J connectivity index is 0.967. The smallest absolute Gasteiger partial charge is 0.306 e. The molecule has 0 spiro atoms. The fraction of sp³-hybridized carbons (Fsp3) is 0.517. The molecule has 2 unspecified atom stereocenters. The Kier molecular flexibility index (Phi) is 20.4. The molecule has 0 aromatic heterocycles. The quantitative estimate of drug-likeness (QED) is 0.0231. The number of carbonyl (C=O) groups excluding carboxylic acids is 2. The third-order valence-corrected chi connectivity index (χ3v) is 15.0. The number of rotatable bonds is 28. The van der Waals surface area contributed by atoms with E-state index in [0.717, 1.165) is 59.1 Å². The molecular formula is C58H80N2O14+2. The molecule has 2 aliphatic rings. The normalized spacial score (nSPS) is 18.9. The van der Waals surface area contributed by atoms with E-state index in [-0.39, 0.29) is 36.9 Å². The van der Waals surface area contributed by atoms with Crippen LogP contribution in [0.15, 0.2) is 60.7 Å². The van der Waals surface area contributed by atoms with E-state index in [1.54, 1.807) is 71.1 Å². The summed E-state index contributed by atoms with van der Waals surface area (Å²) in [5.41, 5.74) is 6.93. The highest BCUT2D eigenvalue weighted by atomic mass is 16.6. The van der Waals surface area contributed by atoms with E-state index in [1.807, 2.05) is 36.4 Å². The van der Waals surface area contributed by atoms with Crippen LogP contribution in [0.3, 0.4) is 0 Å². The summed E-state index contributed by atoms with van der Waals surface area (Å²) in [5, 5.41) is 0. The highest BCUT2D eigenvalue weighted by Gasteiger charge is 2.42. The van der Waals surface area contributed by atoms with Gasteiger partial charge in [0.05, 0.1) is 125 Å². The number of likely N-dealkylation sites (N-methyl/N-ethyl adjacent to an activating group) is 2. The highest BCUT2D eigenvalue weighted by molar-refractivity contribution is 5.70. The largest absolute Gasteiger partial charge is 0.493 e. The second-order valence-electron chi connectivity index (χ2n) is 19.4. The van der Waals surface area contributed by atoms with Crippen LogP contribution in [-0.4, -0.2) is 145 Å². The molecule has 0 radical (unpaired) electrons. The van der Waals surface area contributed by atoms with Crippen molar-refractivity contribution in [3.63, 3.8) is 0 Å². The van der Waals surface area contributed by atoms with Gasteiger partial charge in [0.15, 0.2) is 46.0 Å². The van der Waals surface area contributed by atoms with Gasteiger partial charge in [0.2, 0.25) is 11.5 Å². The van der Waals surface area contributed by atoms with Crippen molar-refractivity contribution >= 4 is 11.9 Å². The average Bonchev–Trinajstić information content (AvgIpc) is 3.42. The van der Waals surface area contributed by atoms with E-state index >= 15 is 0 Å². The number of allylic oxidation sites excluding steroid dienone is 2. The van der Waals surface area contributed by atoms with Crippen LogP contribution in [-0.2, 0) is 44.7 Å². The Bertz CT molecular complexity index is 2340. The fourth-order valence-electron chi connectivity index (χ4n) is 10.8. The maximum atomic E-state index is 12.9. The summed E-state index contributed by atoms with van der Waals surface area (Å²) in [6, 6.07) is 16.5. The molecule has 404 valence electrons. The molecule has 0 N–H and O–H groups in total. The number of quaternary nitrogens is 2. The number of esters is 2. The summed E-state index contributed by atoms with van der Waals surface area (Å²) in [7, 11) is 20.9. The van der Waals surface area contributed by atoms with Gasteiger partial charge >= 0.3 is 11.9 Å². The Labute approximate surface area is 438 Å². The molecule has 4 atom stereocenters. The second kappa shape index (κ2) is 26.6. The first-order chi connectivity index (χ1) is 35.7. The number of hydrogen-bond donors (Lipinski definition) is 0. The van der Waals surface area contributed by atoms with Crippen LogP contribution >= 0.6 is 0 Å². The minimum atomic E-state index is -0.246. The average molecular weight is 1030 g/mol. The summed E-state index contributed by atoms with van der Waals surface area (Å²) < 4.78 is 69.8. The SMILES string of the molecule is COc1cc2c(cc1OC)[C@@H](Cc1cc(OC)c(OC)c(OC)c1)[N+](C)(CCCOC(=O)CC/C=C\CCC(=O)OCCC[N+]1(C)CCc3cc(OC)c(OC)cc3[C@H]1Cc1cc(OC)c(OC)c(OC)c1)CC2. The minimum absolute atomic E-state index is 0.0551. The molecule has 0 aliphatic carbocycles. The molecule has 4 aromatic rings. The zero-order valence-corrected chi connectivity index (χ0v) is 45.9. The molecule has 2 aliphatic heterocycles. The van der Waals surface area contributed by atoms with Gasteiger partial charge in [-0.3, -0.25) is 9.59 Å². The van der Waals surface area contributed by atoms with Gasteiger partial charge in [0, 0.05) is 62.5 Å². The maximum Gasteiger partial charge on any atom is 0.306 e. The molecule has 6 rings (SSSR count). The Morgan fingerprint density at radius 1 is 0.459 bits per heavy atom. The highest BCUT2D eigenvalue weighted by Crippen LogP contribution is 2.47. The van der Waals surface area contributed by atoms with Gasteiger partial charge < -0.3 is 65.8 Å². The van der Waals surface area contributed by atoms with E-state index in [2.05, 4.69) is 38.4 Å². The lowest BCUT2D eigenvalue weighted by Gasteiger charge is -2.46. The van der Waals surface area contributed by atoms with Crippen molar-refractivity contribution in [2.75, 3.05) is 125 Å². The van der Waals surface area contributed by atoms with E-state index in [4.69, 9.17) is 56.8 Å². The van der Waals surface area contributed by atoms with Crippen LogP contribution in [0.5, 0.6) is 57.5 Å². The molecule has 0 fully saturated rings. The second-order valence-corrected chi connectivity index (χ2v) is 19.4. The molecule has 74 heavy (non-hydrogen) atoms. The van der Waals surface area contributed by atoms with Crippen LogP contribution in [0.1, 0.15) is 84.0 Å². The van der Waals surface area contributed by atoms with Crippen LogP contribution in [0, 0.1) is 0 Å². The summed E-state index contributed by atoms with van der Waals surface area (Å²) in [5.74, 6) is 5.81. The molecule has 16 nitrogen and oxygen atoms in total. The van der Waals surface area contributed by atoms with Gasteiger partial charge in [0.1, 0.15) is 12.1 Å². The molecule has 0 saturated heterocycles. The number of benzene rings is 4. The van der Waals surface area contributed by atoms with E-state index < -0.39 is 0 Å². The molecule has 2 heterocycles. The molecule has 0 amide bonds. The molecule has 16 heteroatoms. The van der Waals surface area contributed by atoms with E-state index in [0.29, 0.717) is 109 Å². The zero-order valence-electron chi connectivity index (χ0n) is 45.9.